The molecule has 0 N–H and O–H groups in total. The van der Waals surface area contributed by atoms with Crippen molar-refractivity contribution in [1.29, 1.82) is 0 Å². The largest absolute Gasteiger partial charge is 0.452 e. The summed E-state index contributed by atoms with van der Waals surface area (Å²) in [5.41, 5.74) is 0.330. The molecule has 21 heavy (non-hydrogen) atoms. The number of nitrogens with zero attached hydrogens (tertiary/aromatic N) is 2. The lowest BCUT2D eigenvalue weighted by Gasteiger charge is -2.38. The molecule has 1 amide bonds. The lowest BCUT2D eigenvalue weighted by Crippen LogP contribution is -2.49. The highest BCUT2D eigenvalue weighted by molar-refractivity contribution is 9.10. The SMILES string of the molecule is CC1CCCC(C)N1C(=O)COC(=O)c1cncc(Br)c1. The van der Waals surface area contributed by atoms with E-state index in [2.05, 4.69) is 20.9 Å². The van der Waals surface area contributed by atoms with Gasteiger partial charge in [0.2, 0.25) is 0 Å². The van der Waals surface area contributed by atoms with Crippen LogP contribution in [0.5, 0.6) is 0 Å². The number of hydrogen-bond acceptors (Lipinski definition) is 4. The zero-order chi connectivity index (χ0) is 15.4. The molecule has 0 saturated carbocycles. The summed E-state index contributed by atoms with van der Waals surface area (Å²) in [6.45, 7) is 3.85. The third-order valence-corrected chi connectivity index (χ3v) is 4.18. The van der Waals surface area contributed by atoms with E-state index in [9.17, 15) is 9.59 Å². The van der Waals surface area contributed by atoms with E-state index in [1.54, 1.807) is 12.3 Å². The van der Waals surface area contributed by atoms with Crippen LogP contribution in [0.3, 0.4) is 0 Å². The summed E-state index contributed by atoms with van der Waals surface area (Å²) in [6, 6.07) is 2.02. The molecule has 0 aromatic carbocycles. The monoisotopic (exact) mass is 354 g/mol. The fourth-order valence-corrected chi connectivity index (χ4v) is 3.09. The maximum absolute atomic E-state index is 12.2. The van der Waals surface area contributed by atoms with Crippen LogP contribution in [0.4, 0.5) is 0 Å². The summed E-state index contributed by atoms with van der Waals surface area (Å²) in [7, 11) is 0. The number of carbonyl (C=O) groups is 2. The smallest absolute Gasteiger partial charge is 0.340 e. The van der Waals surface area contributed by atoms with E-state index in [1.165, 1.54) is 6.20 Å². The summed E-state index contributed by atoms with van der Waals surface area (Å²) >= 11 is 3.24. The van der Waals surface area contributed by atoms with Gasteiger partial charge in [-0.1, -0.05) is 0 Å². The number of likely N-dealkylation sites (tertiary alicyclic amines) is 1. The number of esters is 1. The van der Waals surface area contributed by atoms with Gasteiger partial charge in [-0.15, -0.1) is 0 Å². The molecule has 1 fully saturated rings. The van der Waals surface area contributed by atoms with Crippen LogP contribution < -0.4 is 0 Å². The van der Waals surface area contributed by atoms with Crippen molar-refractivity contribution in [3.8, 4) is 0 Å². The van der Waals surface area contributed by atoms with Gasteiger partial charge in [0.15, 0.2) is 6.61 Å². The number of hydrogen-bond donors (Lipinski definition) is 0. The molecule has 0 spiro atoms. The van der Waals surface area contributed by atoms with E-state index >= 15 is 0 Å². The van der Waals surface area contributed by atoms with Crippen LogP contribution in [0.2, 0.25) is 0 Å². The zero-order valence-corrected chi connectivity index (χ0v) is 13.8. The van der Waals surface area contributed by atoms with E-state index in [1.807, 2.05) is 18.7 Å². The van der Waals surface area contributed by atoms with Crippen molar-refractivity contribution < 1.29 is 14.3 Å². The average Bonchev–Trinajstić information content (AvgIpc) is 2.44. The second-order valence-corrected chi connectivity index (χ2v) is 6.31. The van der Waals surface area contributed by atoms with Gasteiger partial charge < -0.3 is 9.64 Å². The molecule has 0 bridgehead atoms. The van der Waals surface area contributed by atoms with E-state index in [-0.39, 0.29) is 24.6 Å². The predicted molar refractivity (Wildman–Crippen MR) is 81.8 cm³/mol. The first kappa shape index (κ1) is 15.9. The summed E-state index contributed by atoms with van der Waals surface area (Å²) in [5, 5.41) is 0. The van der Waals surface area contributed by atoms with Gasteiger partial charge in [-0.2, -0.15) is 0 Å². The second-order valence-electron chi connectivity index (χ2n) is 5.40. The summed E-state index contributed by atoms with van der Waals surface area (Å²) in [5.74, 6) is -0.666. The molecular formula is C15H19BrN2O3. The Morgan fingerprint density at radius 2 is 2.00 bits per heavy atom. The van der Waals surface area contributed by atoms with E-state index < -0.39 is 5.97 Å². The molecule has 2 rings (SSSR count). The number of rotatable bonds is 3. The fourth-order valence-electron chi connectivity index (χ4n) is 2.72. The molecule has 114 valence electrons. The Balaban J connectivity index is 1.93. The minimum atomic E-state index is -0.533. The van der Waals surface area contributed by atoms with Crippen molar-refractivity contribution in [2.24, 2.45) is 0 Å². The maximum atomic E-state index is 12.2. The van der Waals surface area contributed by atoms with Gasteiger partial charge in [0.25, 0.3) is 5.91 Å². The standard InChI is InChI=1S/C15H19BrN2O3/c1-10-4-3-5-11(2)18(10)14(19)9-21-15(20)12-6-13(16)8-17-7-12/h6-8,10-11H,3-5,9H2,1-2H3. The lowest BCUT2D eigenvalue weighted by atomic mass is 9.97. The number of ether oxygens (including phenoxy) is 1. The van der Waals surface area contributed by atoms with Crippen molar-refractivity contribution in [3.63, 3.8) is 0 Å². The van der Waals surface area contributed by atoms with Crippen molar-refractivity contribution in [3.05, 3.63) is 28.5 Å². The number of halogens is 1. The Bertz CT molecular complexity index is 525. The number of amides is 1. The highest BCUT2D eigenvalue weighted by atomic mass is 79.9. The van der Waals surface area contributed by atoms with Gasteiger partial charge in [0.1, 0.15) is 0 Å². The highest BCUT2D eigenvalue weighted by Gasteiger charge is 2.29. The molecule has 2 atom stereocenters. The van der Waals surface area contributed by atoms with Gasteiger partial charge in [0, 0.05) is 29.0 Å². The third kappa shape index (κ3) is 4.03. The van der Waals surface area contributed by atoms with Crippen LogP contribution >= 0.6 is 15.9 Å². The minimum absolute atomic E-state index is 0.133. The van der Waals surface area contributed by atoms with Crippen molar-refractivity contribution in [2.45, 2.75) is 45.2 Å². The molecule has 2 heterocycles. The molecule has 6 heteroatoms. The number of piperidine rings is 1. The number of pyridine rings is 1. The summed E-state index contributed by atoms with van der Waals surface area (Å²) < 4.78 is 5.80. The van der Waals surface area contributed by atoms with Gasteiger partial charge in [0.05, 0.1) is 5.56 Å². The topological polar surface area (TPSA) is 59.5 Å². The Morgan fingerprint density at radius 1 is 1.33 bits per heavy atom. The van der Waals surface area contributed by atoms with Gasteiger partial charge >= 0.3 is 5.97 Å². The molecule has 0 radical (unpaired) electrons. The van der Waals surface area contributed by atoms with Crippen molar-refractivity contribution >= 4 is 27.8 Å². The van der Waals surface area contributed by atoms with Crippen LogP contribution in [0, 0.1) is 0 Å². The van der Waals surface area contributed by atoms with E-state index in [0.717, 1.165) is 19.3 Å². The molecule has 2 unspecified atom stereocenters. The van der Waals surface area contributed by atoms with E-state index in [4.69, 9.17) is 4.74 Å². The molecule has 1 aliphatic heterocycles. The normalized spacial score (nSPS) is 22.0. The second kappa shape index (κ2) is 7.02. The quantitative estimate of drug-likeness (QED) is 0.783. The predicted octanol–water partition coefficient (Wildman–Crippen LogP) is 2.79. The molecule has 1 aliphatic rings. The van der Waals surface area contributed by atoms with Gasteiger partial charge in [-0.3, -0.25) is 9.78 Å². The Labute approximate surface area is 132 Å². The van der Waals surface area contributed by atoms with Crippen LogP contribution in [-0.4, -0.2) is 40.5 Å². The zero-order valence-electron chi connectivity index (χ0n) is 12.2. The fraction of sp³-hybridized carbons (Fsp3) is 0.533. The third-order valence-electron chi connectivity index (χ3n) is 3.75. The van der Waals surface area contributed by atoms with Crippen LogP contribution in [0.15, 0.2) is 22.9 Å². The molecule has 1 aromatic heterocycles. The summed E-state index contributed by atoms with van der Waals surface area (Å²) in [4.78, 5) is 29.9. The molecule has 1 saturated heterocycles. The first-order valence-corrected chi connectivity index (χ1v) is 7.87. The Morgan fingerprint density at radius 3 is 2.62 bits per heavy atom. The van der Waals surface area contributed by atoms with Crippen LogP contribution in [0.1, 0.15) is 43.5 Å². The van der Waals surface area contributed by atoms with Crippen molar-refractivity contribution in [2.75, 3.05) is 6.61 Å². The first-order valence-electron chi connectivity index (χ1n) is 7.08. The minimum Gasteiger partial charge on any atom is -0.452 e. The molecule has 0 aliphatic carbocycles. The van der Waals surface area contributed by atoms with Gasteiger partial charge in [-0.25, -0.2) is 4.79 Å². The van der Waals surface area contributed by atoms with Crippen LogP contribution in [0.25, 0.3) is 0 Å². The van der Waals surface area contributed by atoms with Crippen molar-refractivity contribution in [1.82, 2.24) is 9.88 Å². The number of carbonyl (C=O) groups excluding carboxylic acids is 2. The highest BCUT2D eigenvalue weighted by Crippen LogP contribution is 2.22. The summed E-state index contributed by atoms with van der Waals surface area (Å²) in [6.07, 6.45) is 6.14. The van der Waals surface area contributed by atoms with E-state index in [0.29, 0.717) is 10.0 Å². The molecular weight excluding hydrogens is 336 g/mol. The van der Waals surface area contributed by atoms with Gasteiger partial charge in [-0.05, 0) is 55.1 Å². The average molecular weight is 355 g/mol. The molecule has 1 aromatic rings. The maximum Gasteiger partial charge on any atom is 0.340 e. The Hall–Kier alpha value is -1.43. The Kier molecular flexibility index (Phi) is 5.33. The lowest BCUT2D eigenvalue weighted by molar-refractivity contribution is -0.140. The first-order chi connectivity index (χ1) is 9.99. The van der Waals surface area contributed by atoms with Crippen LogP contribution in [-0.2, 0) is 9.53 Å². The number of aromatic nitrogens is 1. The molecule has 5 nitrogen and oxygen atoms in total.